The summed E-state index contributed by atoms with van der Waals surface area (Å²) in [7, 11) is 1.48. The number of aromatic hydroxyl groups is 1. The smallest absolute Gasteiger partial charge is 0.240 e. The number of phenols is 1. The van der Waals surface area contributed by atoms with E-state index in [1.807, 2.05) is 6.92 Å². The van der Waals surface area contributed by atoms with E-state index in [1.54, 1.807) is 6.07 Å². The van der Waals surface area contributed by atoms with Gasteiger partial charge in [0.1, 0.15) is 10.8 Å². The SMILES string of the molecule is COCOc1c(C2=NNC(=O)CC2C)ccc(O)c1Cl. The number of methoxy groups -OCH3 is 1. The summed E-state index contributed by atoms with van der Waals surface area (Å²) in [5.74, 6) is -0.00961. The summed E-state index contributed by atoms with van der Waals surface area (Å²) in [5, 5.41) is 13.8. The predicted molar refractivity (Wildman–Crippen MR) is 74.1 cm³/mol. The summed E-state index contributed by atoms with van der Waals surface area (Å²) < 4.78 is 10.3. The van der Waals surface area contributed by atoms with Gasteiger partial charge in [0, 0.05) is 25.0 Å². The molecule has 0 aliphatic carbocycles. The molecule has 1 unspecified atom stereocenters. The van der Waals surface area contributed by atoms with Gasteiger partial charge in [0.25, 0.3) is 0 Å². The summed E-state index contributed by atoms with van der Waals surface area (Å²) in [4.78, 5) is 11.3. The number of hydrazone groups is 1. The van der Waals surface area contributed by atoms with Crippen LogP contribution in [0.2, 0.25) is 5.02 Å². The highest BCUT2D eigenvalue weighted by Gasteiger charge is 2.26. The average Bonchev–Trinajstić information content (AvgIpc) is 2.41. The molecule has 0 bridgehead atoms. The van der Waals surface area contributed by atoms with Gasteiger partial charge in [0.2, 0.25) is 5.91 Å². The third-order valence-corrected chi connectivity index (χ3v) is 3.30. The van der Waals surface area contributed by atoms with Crippen molar-refractivity contribution in [1.82, 2.24) is 5.43 Å². The van der Waals surface area contributed by atoms with E-state index in [4.69, 9.17) is 21.1 Å². The van der Waals surface area contributed by atoms with E-state index < -0.39 is 0 Å². The molecule has 1 aliphatic rings. The molecule has 108 valence electrons. The molecule has 1 atom stereocenters. The highest BCUT2D eigenvalue weighted by atomic mass is 35.5. The molecule has 0 spiro atoms. The summed E-state index contributed by atoms with van der Waals surface area (Å²) in [6.07, 6.45) is 0.334. The Morgan fingerprint density at radius 2 is 2.30 bits per heavy atom. The maximum atomic E-state index is 11.3. The van der Waals surface area contributed by atoms with Gasteiger partial charge >= 0.3 is 0 Å². The molecule has 2 N–H and O–H groups in total. The number of hydrogen-bond donors (Lipinski definition) is 2. The van der Waals surface area contributed by atoms with Gasteiger partial charge in [-0.25, -0.2) is 5.43 Å². The van der Waals surface area contributed by atoms with Gasteiger partial charge in [-0.15, -0.1) is 0 Å². The van der Waals surface area contributed by atoms with Crippen LogP contribution in [0, 0.1) is 5.92 Å². The molecule has 20 heavy (non-hydrogen) atoms. The van der Waals surface area contributed by atoms with Crippen LogP contribution in [0.15, 0.2) is 17.2 Å². The summed E-state index contributed by atoms with van der Waals surface area (Å²) in [5.41, 5.74) is 3.71. The van der Waals surface area contributed by atoms with Crippen LogP contribution in [-0.2, 0) is 9.53 Å². The van der Waals surface area contributed by atoms with Crippen LogP contribution in [0.5, 0.6) is 11.5 Å². The number of phenolic OH excluding ortho intramolecular Hbond substituents is 1. The Balaban J connectivity index is 2.45. The Labute approximate surface area is 121 Å². The van der Waals surface area contributed by atoms with Crippen LogP contribution in [0.4, 0.5) is 0 Å². The largest absolute Gasteiger partial charge is 0.506 e. The number of rotatable bonds is 4. The number of carbonyl (C=O) groups excluding carboxylic acids is 1. The molecule has 2 rings (SSSR count). The standard InChI is InChI=1S/C13H15ClN2O4/c1-7-5-10(18)15-16-12(7)8-3-4-9(17)11(14)13(8)20-6-19-2/h3-4,7,17H,5-6H2,1-2H3,(H,15,18). The lowest BCUT2D eigenvalue weighted by atomic mass is 9.93. The minimum Gasteiger partial charge on any atom is -0.506 e. The fraction of sp³-hybridized carbons (Fsp3) is 0.385. The van der Waals surface area contributed by atoms with Gasteiger partial charge in [-0.1, -0.05) is 18.5 Å². The third-order valence-electron chi connectivity index (χ3n) is 2.93. The second-order valence-electron chi connectivity index (χ2n) is 4.46. The number of benzene rings is 1. The Hall–Kier alpha value is -1.79. The quantitative estimate of drug-likeness (QED) is 0.832. The van der Waals surface area contributed by atoms with Crippen molar-refractivity contribution in [2.24, 2.45) is 11.0 Å². The first-order chi connectivity index (χ1) is 9.54. The van der Waals surface area contributed by atoms with Crippen LogP contribution in [-0.4, -0.2) is 30.6 Å². The van der Waals surface area contributed by atoms with E-state index >= 15 is 0 Å². The lowest BCUT2D eigenvalue weighted by Crippen LogP contribution is -2.32. The monoisotopic (exact) mass is 298 g/mol. The van der Waals surface area contributed by atoms with Crippen molar-refractivity contribution in [3.63, 3.8) is 0 Å². The van der Waals surface area contributed by atoms with Crippen molar-refractivity contribution in [2.75, 3.05) is 13.9 Å². The number of nitrogens with one attached hydrogen (secondary N) is 1. The van der Waals surface area contributed by atoms with E-state index in [9.17, 15) is 9.90 Å². The van der Waals surface area contributed by atoms with Crippen LogP contribution in [0.1, 0.15) is 18.9 Å². The van der Waals surface area contributed by atoms with Crippen LogP contribution < -0.4 is 10.2 Å². The topological polar surface area (TPSA) is 80.2 Å². The minimum absolute atomic E-state index is 0.00973. The molecule has 1 aliphatic heterocycles. The molecule has 1 amide bonds. The lowest BCUT2D eigenvalue weighted by molar-refractivity contribution is -0.121. The molecule has 1 heterocycles. The van der Waals surface area contributed by atoms with E-state index in [0.717, 1.165) is 0 Å². The van der Waals surface area contributed by atoms with Crippen LogP contribution >= 0.6 is 11.6 Å². The van der Waals surface area contributed by atoms with Gasteiger partial charge in [0.05, 0.1) is 5.71 Å². The molecular formula is C13H15ClN2O4. The molecule has 0 radical (unpaired) electrons. The maximum absolute atomic E-state index is 11.3. The van der Waals surface area contributed by atoms with Crippen molar-refractivity contribution in [2.45, 2.75) is 13.3 Å². The number of ether oxygens (including phenoxy) is 2. The van der Waals surface area contributed by atoms with Crippen molar-refractivity contribution in [3.8, 4) is 11.5 Å². The molecule has 1 aromatic carbocycles. The van der Waals surface area contributed by atoms with Crippen molar-refractivity contribution < 1.29 is 19.4 Å². The second kappa shape index (κ2) is 6.11. The number of halogens is 1. The van der Waals surface area contributed by atoms with Gasteiger partial charge in [-0.2, -0.15) is 5.10 Å². The molecule has 1 aromatic rings. The fourth-order valence-corrected chi connectivity index (χ4v) is 2.20. The minimum atomic E-state index is -0.134. The molecule has 0 saturated heterocycles. The normalized spacial score (nSPS) is 18.4. The van der Waals surface area contributed by atoms with Gasteiger partial charge in [0.15, 0.2) is 12.5 Å². The first-order valence-corrected chi connectivity index (χ1v) is 6.42. The average molecular weight is 299 g/mol. The lowest BCUT2D eigenvalue weighted by Gasteiger charge is -2.21. The second-order valence-corrected chi connectivity index (χ2v) is 4.84. The molecule has 0 saturated carbocycles. The molecule has 6 nitrogen and oxygen atoms in total. The zero-order valence-electron chi connectivity index (χ0n) is 11.1. The summed E-state index contributed by atoms with van der Waals surface area (Å²) in [6, 6.07) is 3.11. The number of nitrogens with zero attached hydrogens (tertiary/aromatic N) is 1. The number of amides is 1. The molecule has 7 heteroatoms. The molecule has 0 fully saturated rings. The van der Waals surface area contributed by atoms with Gasteiger partial charge in [-0.3, -0.25) is 4.79 Å². The number of carbonyl (C=O) groups is 1. The highest BCUT2D eigenvalue weighted by molar-refractivity contribution is 6.34. The van der Waals surface area contributed by atoms with E-state index in [0.29, 0.717) is 17.7 Å². The molecule has 0 aromatic heterocycles. The number of hydrogen-bond acceptors (Lipinski definition) is 5. The first-order valence-electron chi connectivity index (χ1n) is 6.04. The van der Waals surface area contributed by atoms with Crippen LogP contribution in [0.3, 0.4) is 0 Å². The zero-order chi connectivity index (χ0) is 14.7. The molecular weight excluding hydrogens is 284 g/mol. The summed E-state index contributed by atoms with van der Waals surface area (Å²) in [6.45, 7) is 1.88. The Bertz CT molecular complexity index is 560. The van der Waals surface area contributed by atoms with Gasteiger partial charge < -0.3 is 14.6 Å². The van der Waals surface area contributed by atoms with E-state index in [2.05, 4.69) is 10.5 Å². The van der Waals surface area contributed by atoms with Crippen molar-refractivity contribution in [1.29, 1.82) is 0 Å². The van der Waals surface area contributed by atoms with Crippen molar-refractivity contribution >= 4 is 23.2 Å². The van der Waals surface area contributed by atoms with E-state index in [1.165, 1.54) is 13.2 Å². The van der Waals surface area contributed by atoms with Gasteiger partial charge in [-0.05, 0) is 12.1 Å². The third kappa shape index (κ3) is 2.86. The maximum Gasteiger partial charge on any atom is 0.240 e. The first kappa shape index (κ1) is 14.6. The Kier molecular flexibility index (Phi) is 4.46. The van der Waals surface area contributed by atoms with Crippen molar-refractivity contribution in [3.05, 3.63) is 22.7 Å². The Morgan fingerprint density at radius 1 is 1.55 bits per heavy atom. The summed E-state index contributed by atoms with van der Waals surface area (Å²) >= 11 is 6.06. The predicted octanol–water partition coefficient (Wildman–Crippen LogP) is 1.89. The Morgan fingerprint density at radius 3 is 2.95 bits per heavy atom. The highest BCUT2D eigenvalue weighted by Crippen LogP contribution is 2.38. The van der Waals surface area contributed by atoms with Crippen LogP contribution in [0.25, 0.3) is 0 Å². The zero-order valence-corrected chi connectivity index (χ0v) is 11.9. The fourth-order valence-electron chi connectivity index (χ4n) is 1.99. The van der Waals surface area contributed by atoms with E-state index in [-0.39, 0.29) is 35.1 Å².